The lowest BCUT2D eigenvalue weighted by atomic mass is 10.3. The van der Waals surface area contributed by atoms with Crippen LogP contribution in [0, 0.1) is 0 Å². The van der Waals surface area contributed by atoms with Crippen LogP contribution in [0.3, 0.4) is 0 Å². The molecule has 2 rings (SSSR count). The normalized spacial score (nSPS) is 10.4. The second-order valence-corrected chi connectivity index (χ2v) is 4.24. The lowest BCUT2D eigenvalue weighted by Gasteiger charge is -1.99. The van der Waals surface area contributed by atoms with Gasteiger partial charge in [-0.2, -0.15) is 0 Å². The SMILES string of the molecule is BrCc1cn(-c2cccc(Br)c2)nn1. The van der Waals surface area contributed by atoms with E-state index < -0.39 is 0 Å². The first-order valence-electron chi connectivity index (χ1n) is 4.03. The van der Waals surface area contributed by atoms with Crippen LogP contribution in [0.2, 0.25) is 0 Å². The zero-order valence-corrected chi connectivity index (χ0v) is 10.4. The van der Waals surface area contributed by atoms with Crippen LogP contribution in [0.1, 0.15) is 5.69 Å². The lowest BCUT2D eigenvalue weighted by molar-refractivity contribution is 0.800. The van der Waals surface area contributed by atoms with Gasteiger partial charge in [-0.15, -0.1) is 5.10 Å². The van der Waals surface area contributed by atoms with E-state index in [1.807, 2.05) is 30.5 Å². The molecule has 0 spiro atoms. The number of halogens is 2. The van der Waals surface area contributed by atoms with Crippen LogP contribution in [-0.4, -0.2) is 15.0 Å². The molecule has 72 valence electrons. The lowest BCUT2D eigenvalue weighted by Crippen LogP contribution is -1.93. The molecule has 1 aromatic carbocycles. The number of hydrogen-bond acceptors (Lipinski definition) is 2. The largest absolute Gasteiger partial charge is 0.220 e. The number of hydrogen-bond donors (Lipinski definition) is 0. The molecule has 1 aromatic heterocycles. The molecule has 0 saturated heterocycles. The van der Waals surface area contributed by atoms with Crippen LogP contribution >= 0.6 is 31.9 Å². The first kappa shape index (κ1) is 9.86. The molecule has 0 atom stereocenters. The van der Waals surface area contributed by atoms with Crippen molar-refractivity contribution in [1.29, 1.82) is 0 Å². The molecule has 0 saturated carbocycles. The molecule has 0 aliphatic heterocycles. The highest BCUT2D eigenvalue weighted by molar-refractivity contribution is 9.10. The highest BCUT2D eigenvalue weighted by atomic mass is 79.9. The molecule has 3 nitrogen and oxygen atoms in total. The Labute approximate surface area is 98.4 Å². The third-order valence-corrected chi connectivity index (χ3v) is 2.82. The summed E-state index contributed by atoms with van der Waals surface area (Å²) in [6.07, 6.45) is 1.90. The number of rotatable bonds is 2. The predicted octanol–water partition coefficient (Wildman–Crippen LogP) is 2.92. The molecule has 5 heteroatoms. The number of alkyl halides is 1. The van der Waals surface area contributed by atoms with E-state index in [1.165, 1.54) is 0 Å². The second kappa shape index (κ2) is 4.23. The van der Waals surface area contributed by atoms with Gasteiger partial charge in [-0.1, -0.05) is 43.1 Å². The van der Waals surface area contributed by atoms with Gasteiger partial charge in [0.05, 0.1) is 17.6 Å². The van der Waals surface area contributed by atoms with Crippen LogP contribution in [0.15, 0.2) is 34.9 Å². The van der Waals surface area contributed by atoms with Crippen LogP contribution < -0.4 is 0 Å². The van der Waals surface area contributed by atoms with Crippen LogP contribution in [0.4, 0.5) is 0 Å². The van der Waals surface area contributed by atoms with E-state index in [2.05, 4.69) is 42.2 Å². The van der Waals surface area contributed by atoms with Crippen LogP contribution in [-0.2, 0) is 5.33 Å². The minimum atomic E-state index is 0.723. The highest BCUT2D eigenvalue weighted by Gasteiger charge is 2.01. The zero-order valence-electron chi connectivity index (χ0n) is 7.19. The molecule has 0 N–H and O–H groups in total. The van der Waals surface area contributed by atoms with Gasteiger partial charge < -0.3 is 0 Å². The predicted molar refractivity (Wildman–Crippen MR) is 61.7 cm³/mol. The van der Waals surface area contributed by atoms with Gasteiger partial charge in [0.1, 0.15) is 0 Å². The van der Waals surface area contributed by atoms with Crippen molar-refractivity contribution in [3.8, 4) is 5.69 Å². The number of benzene rings is 1. The smallest absolute Gasteiger partial charge is 0.0937 e. The number of nitrogens with zero attached hydrogens (tertiary/aromatic N) is 3. The van der Waals surface area contributed by atoms with Gasteiger partial charge in [-0.25, -0.2) is 4.68 Å². The van der Waals surface area contributed by atoms with E-state index in [-0.39, 0.29) is 0 Å². The summed E-state index contributed by atoms with van der Waals surface area (Å²) in [5, 5.41) is 8.73. The van der Waals surface area contributed by atoms with Crippen LogP contribution in [0.25, 0.3) is 5.69 Å². The molecule has 0 bridgehead atoms. The van der Waals surface area contributed by atoms with E-state index >= 15 is 0 Å². The molecule has 0 fully saturated rings. The first-order chi connectivity index (χ1) is 6.79. The summed E-state index contributed by atoms with van der Waals surface area (Å²) in [5.41, 5.74) is 1.92. The fourth-order valence-electron chi connectivity index (χ4n) is 1.10. The van der Waals surface area contributed by atoms with Crippen molar-refractivity contribution in [3.63, 3.8) is 0 Å². The standard InChI is InChI=1S/C9H7Br2N3/c10-5-8-6-14(13-12-8)9-3-1-2-7(11)4-9/h1-4,6H,5H2. The summed E-state index contributed by atoms with van der Waals surface area (Å²) in [5.74, 6) is 0. The van der Waals surface area contributed by atoms with Crippen molar-refractivity contribution in [2.75, 3.05) is 0 Å². The topological polar surface area (TPSA) is 30.7 Å². The monoisotopic (exact) mass is 315 g/mol. The Morgan fingerprint density at radius 1 is 1.36 bits per heavy atom. The molecule has 2 aromatic rings. The first-order valence-corrected chi connectivity index (χ1v) is 5.94. The average molecular weight is 317 g/mol. The highest BCUT2D eigenvalue weighted by Crippen LogP contribution is 2.14. The zero-order chi connectivity index (χ0) is 9.97. The van der Waals surface area contributed by atoms with E-state index in [9.17, 15) is 0 Å². The van der Waals surface area contributed by atoms with Gasteiger partial charge in [-0.05, 0) is 18.2 Å². The Kier molecular flexibility index (Phi) is 2.98. The third kappa shape index (κ3) is 2.04. The van der Waals surface area contributed by atoms with Crippen molar-refractivity contribution < 1.29 is 0 Å². The van der Waals surface area contributed by atoms with Crippen molar-refractivity contribution in [1.82, 2.24) is 15.0 Å². The molecule has 0 aliphatic rings. The molecule has 0 radical (unpaired) electrons. The minimum absolute atomic E-state index is 0.723. The minimum Gasteiger partial charge on any atom is -0.220 e. The molecule has 14 heavy (non-hydrogen) atoms. The van der Waals surface area contributed by atoms with Gasteiger partial charge in [0.15, 0.2) is 0 Å². The summed E-state index contributed by atoms with van der Waals surface area (Å²) in [7, 11) is 0. The molecular weight excluding hydrogens is 310 g/mol. The van der Waals surface area contributed by atoms with Gasteiger partial charge in [-0.3, -0.25) is 0 Å². The Morgan fingerprint density at radius 3 is 2.86 bits per heavy atom. The van der Waals surface area contributed by atoms with Crippen LogP contribution in [0.5, 0.6) is 0 Å². The fraction of sp³-hybridized carbons (Fsp3) is 0.111. The summed E-state index contributed by atoms with van der Waals surface area (Å²) in [6.45, 7) is 0. The number of aromatic nitrogens is 3. The molecule has 0 aliphatic carbocycles. The maximum absolute atomic E-state index is 4.01. The summed E-state index contributed by atoms with van der Waals surface area (Å²) in [6, 6.07) is 7.92. The van der Waals surface area contributed by atoms with Crippen molar-refractivity contribution in [3.05, 3.63) is 40.6 Å². The van der Waals surface area contributed by atoms with Crippen molar-refractivity contribution in [2.24, 2.45) is 0 Å². The Bertz CT molecular complexity index is 439. The van der Waals surface area contributed by atoms with E-state index in [0.29, 0.717) is 0 Å². The molecule has 1 heterocycles. The second-order valence-electron chi connectivity index (χ2n) is 2.77. The Balaban J connectivity index is 2.39. The summed E-state index contributed by atoms with van der Waals surface area (Å²) in [4.78, 5) is 0. The van der Waals surface area contributed by atoms with E-state index in [4.69, 9.17) is 0 Å². The Hall–Kier alpha value is -0.680. The maximum Gasteiger partial charge on any atom is 0.0937 e. The van der Waals surface area contributed by atoms with Crippen molar-refractivity contribution >= 4 is 31.9 Å². The van der Waals surface area contributed by atoms with Gasteiger partial charge in [0.2, 0.25) is 0 Å². The maximum atomic E-state index is 4.01. The molecule has 0 amide bonds. The Morgan fingerprint density at radius 2 is 2.21 bits per heavy atom. The molecule has 0 unspecified atom stereocenters. The summed E-state index contributed by atoms with van der Waals surface area (Å²) < 4.78 is 2.78. The van der Waals surface area contributed by atoms with E-state index in [1.54, 1.807) is 4.68 Å². The molecular formula is C9H7Br2N3. The van der Waals surface area contributed by atoms with Crippen molar-refractivity contribution in [2.45, 2.75) is 5.33 Å². The van der Waals surface area contributed by atoms with Gasteiger partial charge >= 0.3 is 0 Å². The third-order valence-electron chi connectivity index (χ3n) is 1.75. The van der Waals surface area contributed by atoms with E-state index in [0.717, 1.165) is 21.2 Å². The van der Waals surface area contributed by atoms with Gasteiger partial charge in [0, 0.05) is 9.80 Å². The average Bonchev–Trinajstić information content (AvgIpc) is 2.66. The fourth-order valence-corrected chi connectivity index (χ4v) is 1.75. The summed E-state index contributed by atoms with van der Waals surface area (Å²) >= 11 is 6.75. The van der Waals surface area contributed by atoms with Gasteiger partial charge in [0.25, 0.3) is 0 Å². The quantitative estimate of drug-likeness (QED) is 0.798.